The number of nitrogens with zero attached hydrogens (tertiary/aromatic N) is 3. The fourth-order valence-corrected chi connectivity index (χ4v) is 3.21. The van der Waals surface area contributed by atoms with Crippen molar-refractivity contribution in [3.8, 4) is 0 Å². The minimum atomic E-state index is 0. The van der Waals surface area contributed by atoms with Gasteiger partial charge in [-0.05, 0) is 33.1 Å². The molecule has 0 aliphatic carbocycles. The Hall–Kier alpha value is -0.450. The highest BCUT2D eigenvalue weighted by Crippen LogP contribution is 2.11. The van der Waals surface area contributed by atoms with E-state index in [1.54, 1.807) is 11.3 Å². The zero-order valence-electron chi connectivity index (χ0n) is 15.5. The number of aromatic nitrogens is 1. The Kier molecular flexibility index (Phi) is 11.6. The predicted octanol–water partition coefficient (Wildman–Crippen LogP) is 3.05. The standard InChI is InChI=1S/C17H30N4O2S.HI/c1-4-18-17(21(3)12-15-13-24-14(2)20-15)19-8-5-9-23-16-6-10-22-11-7-16;/h13,16H,4-12H2,1-3H3,(H,18,19);1H. The lowest BCUT2D eigenvalue weighted by Crippen LogP contribution is -2.38. The fraction of sp³-hybridized carbons (Fsp3) is 0.765. The first-order valence-corrected chi connectivity index (χ1v) is 9.66. The molecule has 1 aromatic heterocycles. The molecule has 0 spiro atoms. The second-order valence-corrected chi connectivity index (χ2v) is 7.05. The van der Waals surface area contributed by atoms with Crippen LogP contribution in [0.1, 0.15) is 36.9 Å². The first kappa shape index (κ1) is 22.6. The number of thiazole rings is 1. The normalized spacial score (nSPS) is 15.7. The molecule has 0 bridgehead atoms. The third-order valence-corrected chi connectivity index (χ3v) is 4.67. The van der Waals surface area contributed by atoms with E-state index in [1.807, 2.05) is 6.92 Å². The molecule has 6 nitrogen and oxygen atoms in total. The Labute approximate surface area is 172 Å². The lowest BCUT2D eigenvalue weighted by atomic mass is 10.1. The van der Waals surface area contributed by atoms with Crippen molar-refractivity contribution in [3.63, 3.8) is 0 Å². The van der Waals surface area contributed by atoms with Crippen molar-refractivity contribution < 1.29 is 9.47 Å². The maximum absolute atomic E-state index is 5.89. The van der Waals surface area contributed by atoms with Crippen LogP contribution in [-0.4, -0.2) is 61.9 Å². The van der Waals surface area contributed by atoms with Gasteiger partial charge in [0.1, 0.15) is 0 Å². The molecule has 144 valence electrons. The molecular weight excluding hydrogens is 451 g/mol. The Morgan fingerprint density at radius 3 is 2.88 bits per heavy atom. The number of hydrogen-bond acceptors (Lipinski definition) is 5. The molecule has 0 aromatic carbocycles. The molecule has 0 amide bonds. The number of hydrogen-bond donors (Lipinski definition) is 1. The van der Waals surface area contributed by atoms with Gasteiger partial charge in [0, 0.05) is 45.3 Å². The van der Waals surface area contributed by atoms with E-state index in [2.05, 4.69) is 34.6 Å². The quantitative estimate of drug-likeness (QED) is 0.267. The van der Waals surface area contributed by atoms with E-state index in [1.165, 1.54) is 0 Å². The van der Waals surface area contributed by atoms with E-state index in [-0.39, 0.29) is 24.0 Å². The molecular formula is C17H31IN4O2S. The van der Waals surface area contributed by atoms with Crippen LogP contribution in [0.25, 0.3) is 0 Å². The minimum Gasteiger partial charge on any atom is -0.381 e. The van der Waals surface area contributed by atoms with Gasteiger partial charge in [-0.2, -0.15) is 0 Å². The molecule has 1 aliphatic heterocycles. The SMILES string of the molecule is CCNC(=NCCCOC1CCOCC1)N(C)Cc1csc(C)n1.I. The fourth-order valence-electron chi connectivity index (χ4n) is 2.61. The summed E-state index contributed by atoms with van der Waals surface area (Å²) in [5.41, 5.74) is 1.09. The molecule has 1 fully saturated rings. The second kappa shape index (κ2) is 12.8. The average molecular weight is 482 g/mol. The molecule has 2 rings (SSSR count). The molecule has 1 aromatic rings. The van der Waals surface area contributed by atoms with Crippen molar-refractivity contribution in [2.45, 2.75) is 45.8 Å². The van der Waals surface area contributed by atoms with Gasteiger partial charge in [0.25, 0.3) is 0 Å². The molecule has 25 heavy (non-hydrogen) atoms. The monoisotopic (exact) mass is 482 g/mol. The lowest BCUT2D eigenvalue weighted by molar-refractivity contribution is -0.0318. The van der Waals surface area contributed by atoms with Crippen molar-refractivity contribution >= 4 is 41.3 Å². The molecule has 0 atom stereocenters. The van der Waals surface area contributed by atoms with Gasteiger partial charge < -0.3 is 19.7 Å². The highest BCUT2D eigenvalue weighted by atomic mass is 127. The number of guanidine groups is 1. The molecule has 0 unspecified atom stereocenters. The number of aryl methyl sites for hydroxylation is 1. The van der Waals surface area contributed by atoms with Gasteiger partial charge in [0.2, 0.25) is 0 Å². The van der Waals surface area contributed by atoms with E-state index in [9.17, 15) is 0 Å². The predicted molar refractivity (Wildman–Crippen MR) is 114 cm³/mol. The summed E-state index contributed by atoms with van der Waals surface area (Å²) in [5, 5.41) is 6.55. The van der Waals surface area contributed by atoms with E-state index >= 15 is 0 Å². The Bertz CT molecular complexity index is 507. The first-order valence-electron chi connectivity index (χ1n) is 8.79. The molecule has 8 heteroatoms. The van der Waals surface area contributed by atoms with Gasteiger partial charge in [-0.1, -0.05) is 0 Å². The van der Waals surface area contributed by atoms with E-state index < -0.39 is 0 Å². The number of rotatable bonds is 8. The highest BCUT2D eigenvalue weighted by Gasteiger charge is 2.13. The van der Waals surface area contributed by atoms with Crippen molar-refractivity contribution in [1.82, 2.24) is 15.2 Å². The summed E-state index contributed by atoms with van der Waals surface area (Å²) >= 11 is 1.69. The van der Waals surface area contributed by atoms with Gasteiger partial charge in [0.05, 0.1) is 23.4 Å². The molecule has 2 heterocycles. The van der Waals surface area contributed by atoms with Crippen LogP contribution in [0.15, 0.2) is 10.4 Å². The van der Waals surface area contributed by atoms with Crippen molar-refractivity contribution in [3.05, 3.63) is 16.1 Å². The number of ether oxygens (including phenoxy) is 2. The summed E-state index contributed by atoms with van der Waals surface area (Å²) in [4.78, 5) is 11.3. The first-order chi connectivity index (χ1) is 11.7. The Balaban J connectivity index is 0.00000312. The van der Waals surface area contributed by atoms with Crippen LogP contribution in [0, 0.1) is 6.92 Å². The molecule has 1 N–H and O–H groups in total. The van der Waals surface area contributed by atoms with Gasteiger partial charge >= 0.3 is 0 Å². The van der Waals surface area contributed by atoms with Crippen LogP contribution >= 0.6 is 35.3 Å². The third-order valence-electron chi connectivity index (χ3n) is 3.85. The van der Waals surface area contributed by atoms with Crippen LogP contribution in [0.3, 0.4) is 0 Å². The second-order valence-electron chi connectivity index (χ2n) is 5.99. The van der Waals surface area contributed by atoms with Gasteiger partial charge in [-0.15, -0.1) is 35.3 Å². The lowest BCUT2D eigenvalue weighted by Gasteiger charge is -2.22. The van der Waals surface area contributed by atoms with Gasteiger partial charge in [0.15, 0.2) is 5.96 Å². The van der Waals surface area contributed by atoms with Gasteiger partial charge in [-0.3, -0.25) is 4.99 Å². The zero-order chi connectivity index (χ0) is 17.2. The zero-order valence-corrected chi connectivity index (χ0v) is 18.6. The largest absolute Gasteiger partial charge is 0.381 e. The molecule has 1 saturated heterocycles. The summed E-state index contributed by atoms with van der Waals surface area (Å²) in [5.74, 6) is 0.925. The smallest absolute Gasteiger partial charge is 0.194 e. The van der Waals surface area contributed by atoms with Crippen LogP contribution in [0.4, 0.5) is 0 Å². The third kappa shape index (κ3) is 8.65. The summed E-state index contributed by atoms with van der Waals surface area (Å²) in [6.07, 6.45) is 3.34. The van der Waals surface area contributed by atoms with Crippen LogP contribution in [-0.2, 0) is 16.0 Å². The highest BCUT2D eigenvalue weighted by molar-refractivity contribution is 14.0. The topological polar surface area (TPSA) is 59.0 Å². The van der Waals surface area contributed by atoms with Crippen LogP contribution in [0.5, 0.6) is 0 Å². The Morgan fingerprint density at radius 1 is 1.48 bits per heavy atom. The maximum Gasteiger partial charge on any atom is 0.194 e. The molecule has 0 radical (unpaired) electrons. The number of aliphatic imine (C=N–C) groups is 1. The van der Waals surface area contributed by atoms with Crippen molar-refractivity contribution in [2.75, 3.05) is 40.0 Å². The van der Waals surface area contributed by atoms with Crippen molar-refractivity contribution in [1.29, 1.82) is 0 Å². The van der Waals surface area contributed by atoms with Crippen LogP contribution in [0.2, 0.25) is 0 Å². The average Bonchev–Trinajstić information content (AvgIpc) is 2.99. The maximum atomic E-state index is 5.89. The van der Waals surface area contributed by atoms with Crippen LogP contribution < -0.4 is 5.32 Å². The van der Waals surface area contributed by atoms with E-state index in [0.717, 1.165) is 75.4 Å². The number of nitrogens with one attached hydrogen (secondary N) is 1. The van der Waals surface area contributed by atoms with E-state index in [4.69, 9.17) is 14.5 Å². The summed E-state index contributed by atoms with van der Waals surface area (Å²) in [6.45, 7) is 8.94. The van der Waals surface area contributed by atoms with Gasteiger partial charge in [-0.25, -0.2) is 4.98 Å². The Morgan fingerprint density at radius 2 is 2.24 bits per heavy atom. The summed E-state index contributed by atoms with van der Waals surface area (Å²) < 4.78 is 11.2. The number of halogens is 1. The summed E-state index contributed by atoms with van der Waals surface area (Å²) in [7, 11) is 2.05. The molecule has 0 saturated carbocycles. The summed E-state index contributed by atoms with van der Waals surface area (Å²) in [6, 6.07) is 0. The van der Waals surface area contributed by atoms with Crippen molar-refractivity contribution in [2.24, 2.45) is 4.99 Å². The molecule has 1 aliphatic rings. The minimum absolute atomic E-state index is 0. The van der Waals surface area contributed by atoms with E-state index in [0.29, 0.717) is 6.10 Å².